The zero-order valence-corrected chi connectivity index (χ0v) is 25.3. The Morgan fingerprint density at radius 3 is 2.11 bits per heavy atom. The number of halogens is 2. The summed E-state index contributed by atoms with van der Waals surface area (Å²) in [5.41, 5.74) is 1.76. The van der Waals surface area contributed by atoms with Crippen molar-refractivity contribution in [3.8, 4) is 5.75 Å². The molecule has 0 bridgehead atoms. The number of amides is 3. The molecule has 3 aromatic carbocycles. The standard InChI is InChI=1S/C32H33F2N3O7S/c1-18(2)28(32(42)43)36-26(39)15-35-27(40)16-44-24-13-5-20(6-14-24)29-30(31(41)37(29)23-11-9-22(34)10-12-23)45-17-25(38)19-3-7-21(33)8-4-19/h3-14,18,25,28-30,38H,15-17H2,1-2H3,(H,35,40)(H,36,39)(H,42,43)/t25?,28-,29?,30-/m1/s1. The van der Waals surface area contributed by atoms with Crippen LogP contribution in [0, 0.1) is 17.6 Å². The van der Waals surface area contributed by atoms with Gasteiger partial charge in [0.15, 0.2) is 6.61 Å². The number of carbonyl (C=O) groups is 4. The molecule has 238 valence electrons. The Bertz CT molecular complexity index is 1500. The molecule has 3 amide bonds. The summed E-state index contributed by atoms with van der Waals surface area (Å²) in [7, 11) is 0. The van der Waals surface area contributed by atoms with Gasteiger partial charge in [0.25, 0.3) is 5.91 Å². The number of carbonyl (C=O) groups excluding carboxylic acids is 3. The Labute approximate surface area is 262 Å². The van der Waals surface area contributed by atoms with Crippen molar-refractivity contribution in [1.29, 1.82) is 0 Å². The molecule has 45 heavy (non-hydrogen) atoms. The van der Waals surface area contributed by atoms with Gasteiger partial charge in [0.05, 0.1) is 18.7 Å². The van der Waals surface area contributed by atoms with E-state index in [1.165, 1.54) is 60.3 Å². The highest BCUT2D eigenvalue weighted by atomic mass is 32.2. The first-order valence-electron chi connectivity index (χ1n) is 14.1. The third-order valence-corrected chi connectivity index (χ3v) is 8.45. The molecule has 1 heterocycles. The minimum Gasteiger partial charge on any atom is -0.484 e. The fourth-order valence-corrected chi connectivity index (χ4v) is 5.99. The number of carboxylic acids is 1. The number of carboxylic acid groups (broad SMARTS) is 1. The van der Waals surface area contributed by atoms with Crippen LogP contribution in [0.15, 0.2) is 72.8 Å². The molecule has 1 fully saturated rings. The fraction of sp³-hybridized carbons (Fsp3) is 0.312. The summed E-state index contributed by atoms with van der Waals surface area (Å²) >= 11 is 1.26. The lowest BCUT2D eigenvalue weighted by molar-refractivity contribution is -0.143. The summed E-state index contributed by atoms with van der Waals surface area (Å²) in [6, 6.07) is 16.2. The molecule has 1 aliphatic rings. The highest BCUT2D eigenvalue weighted by molar-refractivity contribution is 8.00. The van der Waals surface area contributed by atoms with E-state index >= 15 is 0 Å². The number of β-lactam (4-membered cyclic amide) rings is 1. The van der Waals surface area contributed by atoms with Gasteiger partial charge in [-0.3, -0.25) is 14.4 Å². The van der Waals surface area contributed by atoms with E-state index in [0.29, 0.717) is 17.0 Å². The van der Waals surface area contributed by atoms with Gasteiger partial charge in [-0.1, -0.05) is 38.1 Å². The second kappa shape index (κ2) is 15.0. The summed E-state index contributed by atoms with van der Waals surface area (Å²) in [5.74, 6) is -3.29. The van der Waals surface area contributed by atoms with Crippen LogP contribution in [-0.4, -0.2) is 64.1 Å². The lowest BCUT2D eigenvalue weighted by Crippen LogP contribution is -2.57. The molecule has 1 saturated heterocycles. The molecule has 4 N–H and O–H groups in total. The van der Waals surface area contributed by atoms with Gasteiger partial charge < -0.3 is 30.5 Å². The summed E-state index contributed by atoms with van der Waals surface area (Å²) in [6.07, 6.45) is -0.925. The maximum atomic E-state index is 13.6. The molecule has 1 aliphatic heterocycles. The second-order valence-corrected chi connectivity index (χ2v) is 11.9. The smallest absolute Gasteiger partial charge is 0.326 e. The van der Waals surface area contributed by atoms with Gasteiger partial charge in [-0.15, -0.1) is 11.8 Å². The molecule has 0 spiro atoms. The van der Waals surface area contributed by atoms with Crippen molar-refractivity contribution in [3.05, 3.63) is 95.6 Å². The molecule has 13 heteroatoms. The number of nitrogens with one attached hydrogen (secondary N) is 2. The lowest BCUT2D eigenvalue weighted by atomic mass is 9.92. The Hall–Kier alpha value is -4.49. The molecular weight excluding hydrogens is 608 g/mol. The summed E-state index contributed by atoms with van der Waals surface area (Å²) in [5, 5.41) is 24.0. The van der Waals surface area contributed by atoms with Crippen LogP contribution in [0.2, 0.25) is 0 Å². The monoisotopic (exact) mass is 641 g/mol. The predicted octanol–water partition coefficient (Wildman–Crippen LogP) is 3.61. The fourth-order valence-electron chi connectivity index (χ4n) is 4.69. The van der Waals surface area contributed by atoms with Crippen molar-refractivity contribution in [2.24, 2.45) is 5.92 Å². The number of hydrogen-bond donors (Lipinski definition) is 4. The number of aliphatic hydroxyl groups is 1. The van der Waals surface area contributed by atoms with E-state index in [1.807, 2.05) is 0 Å². The average Bonchev–Trinajstić information content (AvgIpc) is 3.01. The number of rotatable bonds is 14. The highest BCUT2D eigenvalue weighted by Crippen LogP contribution is 2.46. The zero-order valence-electron chi connectivity index (χ0n) is 24.5. The summed E-state index contributed by atoms with van der Waals surface area (Å²) in [4.78, 5) is 50.3. The Kier molecular flexibility index (Phi) is 11.1. The molecule has 0 aromatic heterocycles. The number of nitrogens with zero attached hydrogens (tertiary/aromatic N) is 1. The largest absolute Gasteiger partial charge is 0.484 e. The quantitative estimate of drug-likeness (QED) is 0.196. The second-order valence-electron chi connectivity index (χ2n) is 10.7. The minimum atomic E-state index is -1.17. The van der Waals surface area contributed by atoms with E-state index in [-0.39, 0.29) is 17.6 Å². The van der Waals surface area contributed by atoms with Crippen molar-refractivity contribution < 1.29 is 42.9 Å². The van der Waals surface area contributed by atoms with Crippen LogP contribution in [-0.2, 0) is 19.2 Å². The third-order valence-electron chi connectivity index (χ3n) is 7.13. The Morgan fingerprint density at radius 2 is 1.53 bits per heavy atom. The Balaban J connectivity index is 1.37. The third kappa shape index (κ3) is 8.58. The van der Waals surface area contributed by atoms with E-state index < -0.39 is 66.0 Å². The highest BCUT2D eigenvalue weighted by Gasteiger charge is 2.49. The van der Waals surface area contributed by atoms with Crippen molar-refractivity contribution >= 4 is 41.1 Å². The van der Waals surface area contributed by atoms with Gasteiger partial charge in [-0.25, -0.2) is 13.6 Å². The van der Waals surface area contributed by atoms with Crippen LogP contribution in [0.4, 0.5) is 14.5 Å². The number of thioether (sulfide) groups is 1. The molecule has 2 unspecified atom stereocenters. The molecule has 10 nitrogen and oxygen atoms in total. The topological polar surface area (TPSA) is 145 Å². The number of aliphatic carboxylic acids is 1. The zero-order chi connectivity index (χ0) is 32.7. The van der Waals surface area contributed by atoms with Gasteiger partial charge in [-0.2, -0.15) is 0 Å². The molecule has 0 saturated carbocycles. The van der Waals surface area contributed by atoms with Crippen molar-refractivity contribution in [3.63, 3.8) is 0 Å². The number of hydrogen-bond acceptors (Lipinski definition) is 7. The van der Waals surface area contributed by atoms with E-state index in [0.717, 1.165) is 5.56 Å². The van der Waals surface area contributed by atoms with Crippen LogP contribution in [0.5, 0.6) is 5.75 Å². The van der Waals surface area contributed by atoms with Gasteiger partial charge in [0.2, 0.25) is 11.8 Å². The molecule has 0 radical (unpaired) electrons. The van der Waals surface area contributed by atoms with E-state index in [1.54, 1.807) is 43.0 Å². The first kappa shape index (κ1) is 33.4. The van der Waals surface area contributed by atoms with Crippen molar-refractivity contribution in [2.45, 2.75) is 37.3 Å². The van der Waals surface area contributed by atoms with Gasteiger partial charge in [0, 0.05) is 11.4 Å². The first-order chi connectivity index (χ1) is 21.4. The van der Waals surface area contributed by atoms with Crippen LogP contribution in [0.3, 0.4) is 0 Å². The summed E-state index contributed by atoms with van der Waals surface area (Å²) in [6.45, 7) is 2.49. The molecule has 3 aromatic rings. The Morgan fingerprint density at radius 1 is 0.933 bits per heavy atom. The van der Waals surface area contributed by atoms with Gasteiger partial charge in [0.1, 0.15) is 28.7 Å². The van der Waals surface area contributed by atoms with Crippen molar-refractivity contribution in [2.75, 3.05) is 23.8 Å². The van der Waals surface area contributed by atoms with E-state index in [9.17, 15) is 38.2 Å². The van der Waals surface area contributed by atoms with Crippen LogP contribution < -0.4 is 20.3 Å². The maximum Gasteiger partial charge on any atom is 0.326 e. The van der Waals surface area contributed by atoms with Crippen molar-refractivity contribution in [1.82, 2.24) is 10.6 Å². The summed E-state index contributed by atoms with van der Waals surface area (Å²) < 4.78 is 32.4. The normalized spacial score (nSPS) is 17.3. The SMILES string of the molecule is CC(C)[C@@H](NC(=O)CNC(=O)COc1ccc(C2[C@@H](SCC(O)c3ccc(F)cc3)C(=O)N2c2ccc(F)cc2)cc1)C(=O)O. The number of benzene rings is 3. The predicted molar refractivity (Wildman–Crippen MR) is 164 cm³/mol. The lowest BCUT2D eigenvalue weighted by Gasteiger charge is -2.47. The minimum absolute atomic E-state index is 0.179. The van der Waals surface area contributed by atoms with Crippen LogP contribution in [0.25, 0.3) is 0 Å². The van der Waals surface area contributed by atoms with Crippen LogP contribution in [0.1, 0.15) is 37.1 Å². The first-order valence-corrected chi connectivity index (χ1v) is 15.1. The molecule has 0 aliphatic carbocycles. The maximum absolute atomic E-state index is 13.6. The number of anilines is 1. The van der Waals surface area contributed by atoms with E-state index in [4.69, 9.17) is 4.74 Å². The van der Waals surface area contributed by atoms with Crippen LogP contribution >= 0.6 is 11.8 Å². The van der Waals surface area contributed by atoms with E-state index in [2.05, 4.69) is 10.6 Å². The molecule has 4 rings (SSSR count). The van der Waals surface area contributed by atoms with Gasteiger partial charge in [-0.05, 0) is 65.6 Å². The van der Waals surface area contributed by atoms with Gasteiger partial charge >= 0.3 is 5.97 Å². The molecule has 4 atom stereocenters. The number of aliphatic hydroxyl groups excluding tert-OH is 1. The molecular formula is C32H33F2N3O7S. The number of ether oxygens (including phenoxy) is 1. The average molecular weight is 642 g/mol.